The first kappa shape index (κ1) is 31.6. The Balaban J connectivity index is 1.26. The Morgan fingerprint density at radius 1 is 1.07 bits per heavy atom. The normalized spacial score (nSPS) is 20.5. The number of hydrogen-bond donors (Lipinski definition) is 2. The Hall–Kier alpha value is -4.40. The van der Waals surface area contributed by atoms with Crippen molar-refractivity contribution in [1.29, 1.82) is 0 Å². The predicted octanol–water partition coefficient (Wildman–Crippen LogP) is 5.17. The maximum Gasteiger partial charge on any atom is 0.416 e. The number of halogens is 3. The topological polar surface area (TPSA) is 104 Å². The predicted molar refractivity (Wildman–Crippen MR) is 167 cm³/mol. The van der Waals surface area contributed by atoms with Crippen LogP contribution < -0.4 is 25.3 Å². The first-order valence-corrected chi connectivity index (χ1v) is 15.1. The third-order valence-electron chi connectivity index (χ3n) is 8.47. The molecule has 6 rings (SSSR count). The van der Waals surface area contributed by atoms with E-state index in [2.05, 4.69) is 37.0 Å². The number of benzene rings is 2. The highest BCUT2D eigenvalue weighted by Gasteiger charge is 2.34. The van der Waals surface area contributed by atoms with Crippen LogP contribution in [0.2, 0.25) is 0 Å². The lowest BCUT2D eigenvalue weighted by atomic mass is 10.0. The van der Waals surface area contributed by atoms with Crippen molar-refractivity contribution in [2.75, 3.05) is 73.7 Å². The largest absolute Gasteiger partial charge is 0.494 e. The second-order valence-electron chi connectivity index (χ2n) is 11.3. The molecular weight excluding hydrogens is 603 g/mol. The van der Waals surface area contributed by atoms with E-state index in [4.69, 9.17) is 14.3 Å². The Morgan fingerprint density at radius 2 is 1.89 bits per heavy atom. The minimum atomic E-state index is -4.45. The number of anilines is 5. The van der Waals surface area contributed by atoms with Crippen LogP contribution in [0.5, 0.6) is 5.75 Å². The van der Waals surface area contributed by atoms with Gasteiger partial charge in [-0.2, -0.15) is 13.2 Å². The van der Waals surface area contributed by atoms with Crippen molar-refractivity contribution in [3.05, 3.63) is 72.6 Å². The number of nitrogens with one attached hydrogen (secondary N) is 2. The van der Waals surface area contributed by atoms with Gasteiger partial charge in [0.15, 0.2) is 5.82 Å². The number of nitrogens with zero attached hydrogens (tertiary/aromatic N) is 5. The van der Waals surface area contributed by atoms with E-state index in [1.165, 1.54) is 23.5 Å². The molecule has 3 aromatic rings. The Bertz CT molecular complexity index is 1570. The van der Waals surface area contributed by atoms with Crippen LogP contribution in [0.1, 0.15) is 30.0 Å². The fourth-order valence-electron chi connectivity index (χ4n) is 6.18. The zero-order valence-corrected chi connectivity index (χ0v) is 25.4. The van der Waals surface area contributed by atoms with E-state index < -0.39 is 17.8 Å². The molecule has 0 aliphatic carbocycles. The number of alkyl halides is 3. The summed E-state index contributed by atoms with van der Waals surface area (Å²) in [5.74, 6) is 0.946. The van der Waals surface area contributed by atoms with E-state index in [9.17, 15) is 18.0 Å². The van der Waals surface area contributed by atoms with Gasteiger partial charge in [-0.25, -0.2) is 15.0 Å². The first-order valence-electron chi connectivity index (χ1n) is 15.1. The third-order valence-corrected chi connectivity index (χ3v) is 8.47. The standard InChI is InChI=1S/C32H36F3N7O4/c1-3-31(43)39-24-16-25(28(44-2)17-27(24)41-9-7-23(19-41)40-10-13-45-14-11-40)38-29-18-30(37-20-36-29)42-26(8-12-46-42)21-5-4-6-22(15-21)32(33,34)35/h3-6,15-18,20,23,26H,1,7-14,19H2,2H3,(H,39,43)(H,36,37,38). The molecule has 1 amide bonds. The molecule has 14 heteroatoms. The van der Waals surface area contributed by atoms with E-state index in [-0.39, 0.29) is 5.91 Å². The van der Waals surface area contributed by atoms with Gasteiger partial charge in [-0.15, -0.1) is 0 Å². The maximum absolute atomic E-state index is 13.4. The molecule has 11 nitrogen and oxygen atoms in total. The average molecular weight is 640 g/mol. The molecule has 2 aromatic carbocycles. The van der Waals surface area contributed by atoms with Crippen molar-refractivity contribution in [3.63, 3.8) is 0 Å². The highest BCUT2D eigenvalue weighted by molar-refractivity contribution is 6.02. The summed E-state index contributed by atoms with van der Waals surface area (Å²) in [6, 6.07) is 10.5. The third kappa shape index (κ3) is 6.88. The zero-order chi connectivity index (χ0) is 32.3. The molecular formula is C32H36F3N7O4. The molecule has 2 unspecified atom stereocenters. The van der Waals surface area contributed by atoms with Crippen molar-refractivity contribution in [3.8, 4) is 5.75 Å². The minimum Gasteiger partial charge on any atom is -0.494 e. The van der Waals surface area contributed by atoms with Crippen molar-refractivity contribution >= 4 is 34.6 Å². The van der Waals surface area contributed by atoms with E-state index in [0.29, 0.717) is 53.4 Å². The van der Waals surface area contributed by atoms with Gasteiger partial charge in [0.2, 0.25) is 5.91 Å². The molecule has 3 fully saturated rings. The Morgan fingerprint density at radius 3 is 2.65 bits per heavy atom. The van der Waals surface area contributed by atoms with Crippen LogP contribution in [0.15, 0.2) is 61.4 Å². The summed E-state index contributed by atoms with van der Waals surface area (Å²) in [6.45, 7) is 8.78. The summed E-state index contributed by atoms with van der Waals surface area (Å²) in [6.07, 6.45) is -0.418. The first-order chi connectivity index (χ1) is 22.2. The van der Waals surface area contributed by atoms with Crippen LogP contribution in [0.3, 0.4) is 0 Å². The summed E-state index contributed by atoms with van der Waals surface area (Å²) < 4.78 is 51.5. The van der Waals surface area contributed by atoms with Gasteiger partial charge < -0.3 is 25.0 Å². The zero-order valence-electron chi connectivity index (χ0n) is 25.4. The second kappa shape index (κ2) is 13.5. The highest BCUT2D eigenvalue weighted by atomic mass is 19.4. The summed E-state index contributed by atoms with van der Waals surface area (Å²) in [4.78, 5) is 31.7. The van der Waals surface area contributed by atoms with Crippen LogP contribution in [0, 0.1) is 0 Å². The fourth-order valence-corrected chi connectivity index (χ4v) is 6.18. The van der Waals surface area contributed by atoms with E-state index in [1.807, 2.05) is 6.07 Å². The van der Waals surface area contributed by atoms with E-state index >= 15 is 0 Å². The molecule has 2 N–H and O–H groups in total. The molecule has 0 saturated carbocycles. The van der Waals surface area contributed by atoms with Crippen molar-refractivity contribution in [2.24, 2.45) is 0 Å². The van der Waals surface area contributed by atoms with Gasteiger partial charge >= 0.3 is 6.18 Å². The van der Waals surface area contributed by atoms with Crippen LogP contribution >= 0.6 is 0 Å². The number of carbonyl (C=O) groups excluding carboxylic acids is 1. The van der Waals surface area contributed by atoms with Crippen LogP contribution in [0.4, 0.5) is 41.9 Å². The van der Waals surface area contributed by atoms with Gasteiger partial charge in [0.25, 0.3) is 0 Å². The number of aromatic nitrogens is 2. The second-order valence-corrected chi connectivity index (χ2v) is 11.3. The van der Waals surface area contributed by atoms with Crippen LogP contribution in [-0.4, -0.2) is 79.9 Å². The summed E-state index contributed by atoms with van der Waals surface area (Å²) in [7, 11) is 1.57. The number of amides is 1. The van der Waals surface area contributed by atoms with Crippen molar-refractivity contribution in [2.45, 2.75) is 31.1 Å². The lowest BCUT2D eigenvalue weighted by Crippen LogP contribution is -2.44. The van der Waals surface area contributed by atoms with Gasteiger partial charge in [0.05, 0.1) is 55.6 Å². The smallest absolute Gasteiger partial charge is 0.416 e. The molecule has 3 aliphatic rings. The number of hydroxylamine groups is 1. The minimum absolute atomic E-state index is 0.318. The Labute approximate surface area is 264 Å². The maximum atomic E-state index is 13.4. The molecule has 0 bridgehead atoms. The molecule has 46 heavy (non-hydrogen) atoms. The SMILES string of the molecule is C=CC(=O)Nc1cc(Nc2cc(N3OCCC3c3cccc(C(F)(F)F)c3)ncn2)c(OC)cc1N1CCC(N2CCOCC2)C1. The van der Waals surface area contributed by atoms with Crippen molar-refractivity contribution < 1.29 is 32.3 Å². The number of rotatable bonds is 9. The van der Waals surface area contributed by atoms with Gasteiger partial charge in [0.1, 0.15) is 17.9 Å². The average Bonchev–Trinajstić information content (AvgIpc) is 3.76. The summed E-state index contributed by atoms with van der Waals surface area (Å²) >= 11 is 0. The molecule has 4 heterocycles. The van der Waals surface area contributed by atoms with Crippen LogP contribution in [0.25, 0.3) is 0 Å². The quantitative estimate of drug-likeness (QED) is 0.305. The molecule has 2 atom stereocenters. The van der Waals surface area contributed by atoms with Gasteiger partial charge in [-0.05, 0) is 36.3 Å². The summed E-state index contributed by atoms with van der Waals surface area (Å²) in [5.41, 5.74) is 1.69. The molecule has 3 aliphatic heterocycles. The van der Waals surface area contributed by atoms with E-state index in [0.717, 1.165) is 63.6 Å². The Kier molecular flexibility index (Phi) is 9.29. The number of carbonyl (C=O) groups is 1. The lowest BCUT2D eigenvalue weighted by Gasteiger charge is -2.32. The fraction of sp³-hybridized carbons (Fsp3) is 0.406. The molecule has 1 aromatic heterocycles. The van der Waals surface area contributed by atoms with Gasteiger partial charge in [-0.1, -0.05) is 18.7 Å². The molecule has 3 saturated heterocycles. The van der Waals surface area contributed by atoms with E-state index in [1.54, 1.807) is 25.3 Å². The number of ether oxygens (including phenoxy) is 2. The van der Waals surface area contributed by atoms with Gasteiger partial charge in [-0.3, -0.25) is 14.5 Å². The monoisotopic (exact) mass is 639 g/mol. The number of methoxy groups -OCH3 is 1. The molecule has 0 spiro atoms. The number of hydrogen-bond acceptors (Lipinski definition) is 10. The van der Waals surface area contributed by atoms with Crippen LogP contribution in [-0.2, 0) is 20.5 Å². The van der Waals surface area contributed by atoms with Gasteiger partial charge in [0, 0.05) is 50.8 Å². The summed E-state index contributed by atoms with van der Waals surface area (Å²) in [5, 5.41) is 7.70. The lowest BCUT2D eigenvalue weighted by molar-refractivity contribution is -0.137. The molecule has 244 valence electrons. The van der Waals surface area contributed by atoms with Crippen molar-refractivity contribution in [1.82, 2.24) is 14.9 Å². The number of morpholine rings is 1. The molecule has 0 radical (unpaired) electrons. The highest BCUT2D eigenvalue weighted by Crippen LogP contribution is 2.41.